The van der Waals surface area contributed by atoms with Gasteiger partial charge in [0.25, 0.3) is 0 Å². The lowest BCUT2D eigenvalue weighted by atomic mass is 10.1. The van der Waals surface area contributed by atoms with Crippen LogP contribution in [-0.4, -0.2) is 34.5 Å². The van der Waals surface area contributed by atoms with Gasteiger partial charge in [0, 0.05) is 6.42 Å². The molecule has 1 heterocycles. The summed E-state index contributed by atoms with van der Waals surface area (Å²) in [6.45, 7) is 5.91. The molecule has 3 unspecified atom stereocenters. The van der Waals surface area contributed by atoms with Crippen LogP contribution in [0.1, 0.15) is 40.0 Å². The molecule has 0 aromatic carbocycles. The number of ether oxygens (including phenoxy) is 1. The molecule has 2 N–H and O–H groups in total. The number of carbonyl (C=O) groups is 1. The molecule has 0 radical (unpaired) electrons. The molecule has 0 amide bonds. The van der Waals surface area contributed by atoms with Gasteiger partial charge in [0.15, 0.2) is 0 Å². The van der Waals surface area contributed by atoms with E-state index in [2.05, 4.69) is 0 Å². The molecule has 14 heavy (non-hydrogen) atoms. The Kier molecular flexibility index (Phi) is 6.49. The minimum absolute atomic E-state index is 0.00639. The molecule has 0 aromatic heterocycles. The monoisotopic (exact) mass is 204 g/mol. The number of carboxylic acids is 1. The van der Waals surface area contributed by atoms with Crippen molar-refractivity contribution >= 4 is 5.97 Å². The quantitative estimate of drug-likeness (QED) is 0.729. The third-order valence-corrected chi connectivity index (χ3v) is 2.11. The molecule has 0 aromatic rings. The summed E-state index contributed by atoms with van der Waals surface area (Å²) in [6.07, 6.45) is 0.214. The van der Waals surface area contributed by atoms with Gasteiger partial charge in [0.05, 0.1) is 24.7 Å². The normalized spacial score (nSPS) is 30.7. The largest absolute Gasteiger partial charge is 0.481 e. The summed E-state index contributed by atoms with van der Waals surface area (Å²) in [6, 6.07) is 0. The Labute approximate surface area is 84.9 Å². The summed E-state index contributed by atoms with van der Waals surface area (Å²) < 4.78 is 5.30. The van der Waals surface area contributed by atoms with E-state index in [0.717, 1.165) is 6.42 Å². The van der Waals surface area contributed by atoms with E-state index >= 15 is 0 Å². The predicted octanol–water partition coefficient (Wildman–Crippen LogP) is 1.42. The second-order valence-corrected chi connectivity index (χ2v) is 3.11. The first-order chi connectivity index (χ1) is 6.63. The van der Waals surface area contributed by atoms with E-state index in [1.54, 1.807) is 0 Å². The zero-order chi connectivity index (χ0) is 11.1. The van der Waals surface area contributed by atoms with E-state index in [0.29, 0.717) is 6.42 Å². The second kappa shape index (κ2) is 6.79. The number of hydrogen-bond acceptors (Lipinski definition) is 3. The third kappa shape index (κ3) is 4.07. The van der Waals surface area contributed by atoms with Crippen molar-refractivity contribution in [3.63, 3.8) is 0 Å². The van der Waals surface area contributed by atoms with Crippen LogP contribution in [0.4, 0.5) is 0 Å². The van der Waals surface area contributed by atoms with E-state index in [4.69, 9.17) is 9.84 Å². The molecular weight excluding hydrogens is 184 g/mol. The fourth-order valence-electron chi connectivity index (χ4n) is 1.51. The lowest BCUT2D eigenvalue weighted by Gasteiger charge is -2.10. The Balaban J connectivity index is 0.000000791. The molecule has 0 bridgehead atoms. The molecule has 0 saturated carbocycles. The number of rotatable bonds is 3. The Bertz CT molecular complexity index is 170. The van der Waals surface area contributed by atoms with Gasteiger partial charge >= 0.3 is 5.97 Å². The van der Waals surface area contributed by atoms with E-state index < -0.39 is 12.1 Å². The molecule has 1 rings (SSSR count). The topological polar surface area (TPSA) is 66.8 Å². The van der Waals surface area contributed by atoms with Crippen LogP contribution in [0.25, 0.3) is 0 Å². The van der Waals surface area contributed by atoms with Crippen molar-refractivity contribution in [1.29, 1.82) is 0 Å². The molecule has 1 saturated heterocycles. The van der Waals surface area contributed by atoms with Crippen molar-refractivity contribution in [3.8, 4) is 0 Å². The standard InChI is InChI=1S/C8H14O4.C2H6/c1-2-7-6(9)3-5(12-7)4-8(10)11;1-2/h5-7,9H,2-4H2,1H3,(H,10,11);1-2H3. The molecule has 0 spiro atoms. The van der Waals surface area contributed by atoms with Crippen LogP contribution in [0.3, 0.4) is 0 Å². The number of aliphatic hydroxyl groups is 1. The van der Waals surface area contributed by atoms with Gasteiger partial charge in [-0.1, -0.05) is 20.8 Å². The lowest BCUT2D eigenvalue weighted by molar-refractivity contribution is -0.140. The van der Waals surface area contributed by atoms with Gasteiger partial charge in [-0.05, 0) is 6.42 Å². The molecule has 4 nitrogen and oxygen atoms in total. The highest BCUT2D eigenvalue weighted by Crippen LogP contribution is 2.24. The predicted molar refractivity (Wildman–Crippen MR) is 53.2 cm³/mol. The van der Waals surface area contributed by atoms with Crippen molar-refractivity contribution in [3.05, 3.63) is 0 Å². The highest BCUT2D eigenvalue weighted by Gasteiger charge is 2.33. The second-order valence-electron chi connectivity index (χ2n) is 3.11. The van der Waals surface area contributed by atoms with E-state index in [-0.39, 0.29) is 18.6 Å². The van der Waals surface area contributed by atoms with Gasteiger partial charge < -0.3 is 14.9 Å². The average Bonchev–Trinajstić information content (AvgIpc) is 2.48. The van der Waals surface area contributed by atoms with Crippen LogP contribution in [0.5, 0.6) is 0 Å². The molecule has 4 heteroatoms. The summed E-state index contributed by atoms with van der Waals surface area (Å²) in [7, 11) is 0. The van der Waals surface area contributed by atoms with Crippen LogP contribution in [-0.2, 0) is 9.53 Å². The van der Waals surface area contributed by atoms with Crippen molar-refractivity contribution < 1.29 is 19.7 Å². The zero-order valence-electron chi connectivity index (χ0n) is 9.06. The van der Waals surface area contributed by atoms with Crippen molar-refractivity contribution in [1.82, 2.24) is 0 Å². The molecule has 0 aliphatic carbocycles. The summed E-state index contributed by atoms with van der Waals surface area (Å²) in [4.78, 5) is 10.3. The molecule has 1 aliphatic heterocycles. The molecule has 1 aliphatic rings. The van der Waals surface area contributed by atoms with Crippen LogP contribution in [0.2, 0.25) is 0 Å². The van der Waals surface area contributed by atoms with Crippen molar-refractivity contribution in [2.24, 2.45) is 0 Å². The number of hydrogen-bond donors (Lipinski definition) is 2. The molecule has 1 fully saturated rings. The maximum atomic E-state index is 10.3. The molecule has 3 atom stereocenters. The fraction of sp³-hybridized carbons (Fsp3) is 0.900. The van der Waals surface area contributed by atoms with E-state index in [1.807, 2.05) is 20.8 Å². The number of aliphatic hydroxyl groups excluding tert-OH is 1. The van der Waals surface area contributed by atoms with Crippen molar-refractivity contribution in [2.45, 2.75) is 58.3 Å². The maximum absolute atomic E-state index is 10.3. The van der Waals surface area contributed by atoms with Crippen LogP contribution < -0.4 is 0 Å². The van der Waals surface area contributed by atoms with Crippen molar-refractivity contribution in [2.75, 3.05) is 0 Å². The molecular formula is C10H20O4. The van der Waals surface area contributed by atoms with Crippen LogP contribution in [0.15, 0.2) is 0 Å². The zero-order valence-corrected chi connectivity index (χ0v) is 9.06. The smallest absolute Gasteiger partial charge is 0.305 e. The Morgan fingerprint density at radius 3 is 2.43 bits per heavy atom. The minimum Gasteiger partial charge on any atom is -0.481 e. The first-order valence-corrected chi connectivity index (χ1v) is 5.18. The van der Waals surface area contributed by atoms with Gasteiger partial charge in [0.2, 0.25) is 0 Å². The highest BCUT2D eigenvalue weighted by molar-refractivity contribution is 5.67. The third-order valence-electron chi connectivity index (χ3n) is 2.11. The van der Waals surface area contributed by atoms with Gasteiger partial charge in [-0.3, -0.25) is 4.79 Å². The SMILES string of the molecule is CC.CCC1OC(CC(=O)O)CC1O. The van der Waals surface area contributed by atoms with Crippen LogP contribution in [0, 0.1) is 0 Å². The average molecular weight is 204 g/mol. The number of carboxylic acid groups (broad SMARTS) is 1. The molecule has 84 valence electrons. The van der Waals surface area contributed by atoms with Gasteiger partial charge in [-0.25, -0.2) is 0 Å². The van der Waals surface area contributed by atoms with E-state index in [1.165, 1.54) is 0 Å². The summed E-state index contributed by atoms with van der Waals surface area (Å²) in [5, 5.41) is 17.8. The Hall–Kier alpha value is -0.610. The number of aliphatic carboxylic acids is 1. The summed E-state index contributed by atoms with van der Waals surface area (Å²) >= 11 is 0. The Morgan fingerprint density at radius 2 is 2.07 bits per heavy atom. The highest BCUT2D eigenvalue weighted by atomic mass is 16.5. The Morgan fingerprint density at radius 1 is 1.50 bits per heavy atom. The summed E-state index contributed by atoms with van der Waals surface area (Å²) in [5.74, 6) is -0.871. The first kappa shape index (κ1) is 13.4. The van der Waals surface area contributed by atoms with E-state index in [9.17, 15) is 9.90 Å². The minimum atomic E-state index is -0.871. The van der Waals surface area contributed by atoms with Gasteiger partial charge in [-0.2, -0.15) is 0 Å². The fourth-order valence-corrected chi connectivity index (χ4v) is 1.51. The lowest BCUT2D eigenvalue weighted by Crippen LogP contribution is -2.19. The first-order valence-electron chi connectivity index (χ1n) is 5.18. The maximum Gasteiger partial charge on any atom is 0.305 e. The summed E-state index contributed by atoms with van der Waals surface area (Å²) in [5.41, 5.74) is 0. The van der Waals surface area contributed by atoms with Gasteiger partial charge in [0.1, 0.15) is 0 Å². The van der Waals surface area contributed by atoms with Crippen LogP contribution >= 0.6 is 0 Å². The van der Waals surface area contributed by atoms with Gasteiger partial charge in [-0.15, -0.1) is 0 Å².